The van der Waals surface area contributed by atoms with Crippen molar-refractivity contribution in [1.82, 2.24) is 0 Å². The predicted octanol–water partition coefficient (Wildman–Crippen LogP) is -0.441. The van der Waals surface area contributed by atoms with E-state index in [9.17, 15) is 20.1 Å². The molecular weight excluding hydrogens is 320 g/mol. The van der Waals surface area contributed by atoms with E-state index in [1.165, 1.54) is 12.2 Å². The lowest BCUT2D eigenvalue weighted by molar-refractivity contribution is -0.313. The van der Waals surface area contributed by atoms with Gasteiger partial charge in [0.1, 0.15) is 18.3 Å². The summed E-state index contributed by atoms with van der Waals surface area (Å²) in [7, 11) is 0. The van der Waals surface area contributed by atoms with Gasteiger partial charge in [-0.1, -0.05) is 12.2 Å². The zero-order valence-electron chi connectivity index (χ0n) is 13.8. The lowest BCUT2D eigenvalue weighted by Crippen LogP contribution is -2.58. The molecule has 0 aromatic carbocycles. The Balaban J connectivity index is 2.74. The molecule has 1 aliphatic heterocycles. The number of aliphatic hydroxyl groups is 4. The van der Waals surface area contributed by atoms with Gasteiger partial charge in [0.05, 0.1) is 23.9 Å². The lowest BCUT2D eigenvalue weighted by Gasteiger charge is -2.42. The summed E-state index contributed by atoms with van der Waals surface area (Å²) in [6.07, 6.45) is -2.48. The highest BCUT2D eigenvalue weighted by atomic mass is 16.7. The molecule has 6 atom stereocenters. The zero-order valence-corrected chi connectivity index (χ0v) is 13.8. The van der Waals surface area contributed by atoms with E-state index in [4.69, 9.17) is 19.7 Å². The van der Waals surface area contributed by atoms with Crippen LogP contribution in [0.3, 0.4) is 0 Å². The van der Waals surface area contributed by atoms with E-state index in [-0.39, 0.29) is 12.0 Å². The van der Waals surface area contributed by atoms with Crippen LogP contribution in [-0.4, -0.2) is 74.4 Å². The average Bonchev–Trinajstić information content (AvgIpc) is 2.54. The molecule has 0 saturated carbocycles. The Labute approximate surface area is 140 Å². The maximum atomic E-state index is 10.8. The molecule has 0 amide bonds. The Hall–Kier alpha value is -1.29. The van der Waals surface area contributed by atoms with E-state index in [0.29, 0.717) is 6.42 Å². The first kappa shape index (κ1) is 20.8. The van der Waals surface area contributed by atoms with Gasteiger partial charge in [-0.25, -0.2) is 4.79 Å². The minimum Gasteiger partial charge on any atom is -0.478 e. The van der Waals surface area contributed by atoms with Crippen LogP contribution in [0.4, 0.5) is 0 Å². The highest BCUT2D eigenvalue weighted by molar-refractivity contribution is 5.86. The molecule has 8 heteroatoms. The summed E-state index contributed by atoms with van der Waals surface area (Å²) < 4.78 is 11.1. The molecule has 0 aromatic rings. The quantitative estimate of drug-likeness (QED) is 0.295. The first-order valence-corrected chi connectivity index (χ1v) is 7.69. The number of carboxylic acid groups (broad SMARTS) is 1. The number of allylic oxidation sites excluding steroid dienone is 1. The number of hydrogen-bond donors (Lipinski definition) is 5. The lowest BCUT2D eigenvalue weighted by atomic mass is 9.97. The van der Waals surface area contributed by atoms with Crippen molar-refractivity contribution in [3.63, 3.8) is 0 Å². The fourth-order valence-corrected chi connectivity index (χ4v) is 2.34. The standard InChI is InChI=1S/C16H26O8/c1-4-16(3,7-5-6-10(8-17)14(21)22)24-15-13(20)12(19)11(18)9(2)23-15/h4,6,9,11-13,15,17-20H,1,5,7-8H2,2-3H3,(H,21,22)/b10-6+/t9-,11-,12+,13-,15+,16+/m1/s1. The second-order valence-corrected chi connectivity index (χ2v) is 6.05. The number of aliphatic carboxylic acids is 1. The van der Waals surface area contributed by atoms with Crippen molar-refractivity contribution in [3.05, 3.63) is 24.3 Å². The third-order valence-electron chi connectivity index (χ3n) is 4.10. The van der Waals surface area contributed by atoms with Gasteiger partial charge < -0.3 is 35.0 Å². The number of hydrogen-bond acceptors (Lipinski definition) is 7. The molecule has 1 heterocycles. The van der Waals surface area contributed by atoms with Gasteiger partial charge in [-0.05, 0) is 26.7 Å². The van der Waals surface area contributed by atoms with Gasteiger partial charge in [-0.2, -0.15) is 0 Å². The second-order valence-electron chi connectivity index (χ2n) is 6.05. The van der Waals surface area contributed by atoms with Gasteiger partial charge in [0.15, 0.2) is 6.29 Å². The minimum absolute atomic E-state index is 0.123. The molecule has 1 saturated heterocycles. The minimum atomic E-state index is -1.43. The largest absolute Gasteiger partial charge is 0.478 e. The Morgan fingerprint density at radius 2 is 1.92 bits per heavy atom. The fraction of sp³-hybridized carbons (Fsp3) is 0.688. The van der Waals surface area contributed by atoms with Gasteiger partial charge >= 0.3 is 5.97 Å². The molecule has 1 rings (SSSR count). The van der Waals surface area contributed by atoms with Crippen LogP contribution in [0.5, 0.6) is 0 Å². The molecule has 0 spiro atoms. The molecule has 8 nitrogen and oxygen atoms in total. The summed E-state index contributed by atoms with van der Waals surface area (Å²) in [5.41, 5.74) is -1.09. The Bertz CT molecular complexity index is 477. The molecule has 1 aliphatic rings. The SMILES string of the molecule is C=C[C@@](C)(CC/C=C(\CO)C(=O)O)O[C@@H]1O[C@H](C)[C@@H](O)[C@H](O)[C@H]1O. The zero-order chi connectivity index (χ0) is 18.5. The number of ether oxygens (including phenoxy) is 2. The normalized spacial score (nSPS) is 33.8. The molecule has 138 valence electrons. The van der Waals surface area contributed by atoms with Gasteiger partial charge in [0, 0.05) is 0 Å². The van der Waals surface area contributed by atoms with Gasteiger partial charge in [-0.15, -0.1) is 6.58 Å². The molecule has 0 unspecified atom stereocenters. The highest BCUT2D eigenvalue weighted by Gasteiger charge is 2.44. The third kappa shape index (κ3) is 5.10. The maximum Gasteiger partial charge on any atom is 0.333 e. The second kappa shape index (κ2) is 8.70. The van der Waals surface area contributed by atoms with E-state index in [1.54, 1.807) is 13.8 Å². The Morgan fingerprint density at radius 1 is 1.29 bits per heavy atom. The van der Waals surface area contributed by atoms with Crippen molar-refractivity contribution >= 4 is 5.97 Å². The van der Waals surface area contributed by atoms with Gasteiger partial charge in [-0.3, -0.25) is 0 Å². The first-order valence-electron chi connectivity index (χ1n) is 7.69. The fourth-order valence-electron chi connectivity index (χ4n) is 2.34. The van der Waals surface area contributed by atoms with Crippen LogP contribution in [0.15, 0.2) is 24.3 Å². The van der Waals surface area contributed by atoms with Crippen LogP contribution >= 0.6 is 0 Å². The van der Waals surface area contributed by atoms with Crippen LogP contribution in [0.2, 0.25) is 0 Å². The number of carboxylic acids is 1. The first-order chi connectivity index (χ1) is 11.1. The number of rotatable bonds is 8. The van der Waals surface area contributed by atoms with E-state index in [1.807, 2.05) is 0 Å². The molecule has 1 fully saturated rings. The predicted molar refractivity (Wildman–Crippen MR) is 84.1 cm³/mol. The van der Waals surface area contributed by atoms with Crippen LogP contribution in [0.1, 0.15) is 26.7 Å². The summed E-state index contributed by atoms with van der Waals surface area (Å²) >= 11 is 0. The van der Waals surface area contributed by atoms with Crippen molar-refractivity contribution in [2.24, 2.45) is 0 Å². The van der Waals surface area contributed by atoms with Crippen LogP contribution in [0, 0.1) is 0 Å². The molecule has 24 heavy (non-hydrogen) atoms. The molecule has 0 radical (unpaired) electrons. The van der Waals surface area contributed by atoms with E-state index in [2.05, 4.69) is 6.58 Å². The van der Waals surface area contributed by atoms with E-state index < -0.39 is 48.9 Å². The summed E-state index contributed by atoms with van der Waals surface area (Å²) in [5.74, 6) is -1.20. The molecule has 0 aliphatic carbocycles. The number of carbonyl (C=O) groups is 1. The van der Waals surface area contributed by atoms with Gasteiger partial charge in [0.25, 0.3) is 0 Å². The average molecular weight is 346 g/mol. The Kier molecular flexibility index (Phi) is 7.53. The van der Waals surface area contributed by atoms with Crippen molar-refractivity contribution in [1.29, 1.82) is 0 Å². The highest BCUT2D eigenvalue weighted by Crippen LogP contribution is 2.28. The van der Waals surface area contributed by atoms with Crippen molar-refractivity contribution in [3.8, 4) is 0 Å². The van der Waals surface area contributed by atoms with E-state index >= 15 is 0 Å². The van der Waals surface area contributed by atoms with Crippen LogP contribution < -0.4 is 0 Å². The molecule has 0 aromatic heterocycles. The van der Waals surface area contributed by atoms with Crippen molar-refractivity contribution < 1.29 is 39.8 Å². The monoisotopic (exact) mass is 346 g/mol. The van der Waals surface area contributed by atoms with Crippen molar-refractivity contribution in [2.45, 2.75) is 63.0 Å². The molecule has 0 bridgehead atoms. The maximum absolute atomic E-state index is 10.8. The summed E-state index contributed by atoms with van der Waals surface area (Å²) in [6.45, 7) is 6.31. The van der Waals surface area contributed by atoms with Crippen LogP contribution in [-0.2, 0) is 14.3 Å². The summed E-state index contributed by atoms with van der Waals surface area (Å²) in [5, 5.41) is 47.3. The topological polar surface area (TPSA) is 137 Å². The van der Waals surface area contributed by atoms with Crippen molar-refractivity contribution in [2.75, 3.05) is 6.61 Å². The molecular formula is C16H26O8. The summed E-state index contributed by atoms with van der Waals surface area (Å²) in [6, 6.07) is 0. The van der Waals surface area contributed by atoms with E-state index in [0.717, 1.165) is 0 Å². The van der Waals surface area contributed by atoms with Gasteiger partial charge in [0.2, 0.25) is 0 Å². The summed E-state index contributed by atoms with van der Waals surface area (Å²) in [4.78, 5) is 10.8. The third-order valence-corrected chi connectivity index (χ3v) is 4.10. The Morgan fingerprint density at radius 3 is 2.42 bits per heavy atom. The molecule has 5 N–H and O–H groups in total. The van der Waals surface area contributed by atoms with Crippen LogP contribution in [0.25, 0.3) is 0 Å². The smallest absolute Gasteiger partial charge is 0.333 e. The number of aliphatic hydroxyl groups excluding tert-OH is 4.